The van der Waals surface area contributed by atoms with E-state index in [1.54, 1.807) is 0 Å². The number of hydrogen-bond donors (Lipinski definition) is 0. The van der Waals surface area contributed by atoms with Gasteiger partial charge in [-0.2, -0.15) is 0 Å². The van der Waals surface area contributed by atoms with E-state index in [0.717, 1.165) is 11.8 Å². The molecule has 3 nitrogen and oxygen atoms in total. The van der Waals surface area contributed by atoms with Crippen molar-refractivity contribution in [3.05, 3.63) is 0 Å². The lowest BCUT2D eigenvalue weighted by Crippen LogP contribution is -2.19. The van der Waals surface area contributed by atoms with Crippen molar-refractivity contribution < 1.29 is 9.47 Å². The van der Waals surface area contributed by atoms with Gasteiger partial charge in [-0.3, -0.25) is 0 Å². The average molecular weight is 223 g/mol. The van der Waals surface area contributed by atoms with Crippen LogP contribution in [0.4, 0.5) is 0 Å². The highest BCUT2D eigenvalue weighted by atomic mass is 16.6. The number of ether oxygens (including phenoxy) is 2. The first-order valence-electron chi connectivity index (χ1n) is 6.54. The second-order valence-electron chi connectivity index (χ2n) is 5.97. The molecule has 3 aliphatic rings. The third-order valence-electron chi connectivity index (χ3n) is 3.87. The van der Waals surface area contributed by atoms with E-state index >= 15 is 0 Å². The summed E-state index contributed by atoms with van der Waals surface area (Å²) < 4.78 is 11.4. The van der Waals surface area contributed by atoms with Crippen LogP contribution in [0.15, 0.2) is 4.99 Å². The summed E-state index contributed by atoms with van der Waals surface area (Å²) in [5.41, 5.74) is -0.0433. The first-order chi connectivity index (χ1) is 7.66. The molecule has 0 aromatic heterocycles. The Labute approximate surface area is 97.2 Å². The topological polar surface area (TPSA) is 34.1 Å². The molecule has 0 aromatic rings. The highest BCUT2D eigenvalue weighted by Gasteiger charge is 2.51. The van der Waals surface area contributed by atoms with Gasteiger partial charge in [-0.1, -0.05) is 19.3 Å². The van der Waals surface area contributed by atoms with Crippen LogP contribution in [0.2, 0.25) is 0 Å². The van der Waals surface area contributed by atoms with Crippen molar-refractivity contribution in [2.24, 2.45) is 10.9 Å². The van der Waals surface area contributed by atoms with Crippen LogP contribution in [0, 0.1) is 5.92 Å². The number of nitrogens with zero attached hydrogens (tertiary/aromatic N) is 1. The SMILES string of the molecule is CC1(C)COC([C@@H]2O[C@@H]2C2CCCCC2)=N1. The maximum absolute atomic E-state index is 5.78. The zero-order valence-corrected chi connectivity index (χ0v) is 10.2. The maximum atomic E-state index is 5.78. The zero-order chi connectivity index (χ0) is 11.2. The van der Waals surface area contributed by atoms with Crippen molar-refractivity contribution in [3.8, 4) is 0 Å². The van der Waals surface area contributed by atoms with Crippen LogP contribution in [0.5, 0.6) is 0 Å². The van der Waals surface area contributed by atoms with Gasteiger partial charge in [-0.05, 0) is 32.6 Å². The molecule has 0 aromatic carbocycles. The Hall–Kier alpha value is -0.570. The second-order valence-corrected chi connectivity index (χ2v) is 5.97. The van der Waals surface area contributed by atoms with E-state index in [0.29, 0.717) is 12.7 Å². The molecule has 1 saturated carbocycles. The average Bonchev–Trinajstić information content (AvgIpc) is 2.99. The Kier molecular flexibility index (Phi) is 2.46. The van der Waals surface area contributed by atoms with Gasteiger partial charge >= 0.3 is 0 Å². The largest absolute Gasteiger partial charge is 0.476 e. The van der Waals surface area contributed by atoms with E-state index in [2.05, 4.69) is 18.8 Å². The molecule has 2 aliphatic heterocycles. The van der Waals surface area contributed by atoms with E-state index in [1.807, 2.05) is 0 Å². The molecule has 0 radical (unpaired) electrons. The molecule has 0 bridgehead atoms. The fraction of sp³-hybridized carbons (Fsp3) is 0.923. The molecule has 0 unspecified atom stereocenters. The fourth-order valence-electron chi connectivity index (χ4n) is 2.90. The molecule has 3 rings (SSSR count). The van der Waals surface area contributed by atoms with Crippen LogP contribution in [0.25, 0.3) is 0 Å². The third-order valence-corrected chi connectivity index (χ3v) is 3.87. The number of rotatable bonds is 2. The lowest BCUT2D eigenvalue weighted by molar-refractivity contribution is 0.255. The summed E-state index contributed by atoms with van der Waals surface area (Å²) in [6.45, 7) is 4.93. The Bertz CT molecular complexity index is 305. The molecule has 16 heavy (non-hydrogen) atoms. The highest BCUT2D eigenvalue weighted by Crippen LogP contribution is 2.40. The molecular weight excluding hydrogens is 202 g/mol. The lowest BCUT2D eigenvalue weighted by atomic mass is 9.86. The van der Waals surface area contributed by atoms with Crippen molar-refractivity contribution in [2.75, 3.05) is 6.61 Å². The molecule has 2 atom stereocenters. The van der Waals surface area contributed by atoms with E-state index in [1.165, 1.54) is 32.1 Å². The number of hydrogen-bond acceptors (Lipinski definition) is 3. The van der Waals surface area contributed by atoms with Gasteiger partial charge in [0.1, 0.15) is 6.61 Å². The summed E-state index contributed by atoms with van der Waals surface area (Å²) in [7, 11) is 0. The summed E-state index contributed by atoms with van der Waals surface area (Å²) in [4.78, 5) is 4.60. The Morgan fingerprint density at radius 3 is 2.56 bits per heavy atom. The number of aliphatic imine (C=N–C) groups is 1. The van der Waals surface area contributed by atoms with Crippen molar-refractivity contribution in [1.82, 2.24) is 0 Å². The normalized spacial score (nSPS) is 38.0. The van der Waals surface area contributed by atoms with Gasteiger partial charge in [0.05, 0.1) is 11.6 Å². The summed E-state index contributed by atoms with van der Waals surface area (Å²) in [6, 6.07) is 0. The Balaban J connectivity index is 1.59. The minimum absolute atomic E-state index is 0.0433. The smallest absolute Gasteiger partial charge is 0.216 e. The van der Waals surface area contributed by atoms with Crippen LogP contribution in [-0.4, -0.2) is 30.3 Å². The first-order valence-corrected chi connectivity index (χ1v) is 6.54. The van der Waals surface area contributed by atoms with E-state index in [9.17, 15) is 0 Å². The molecule has 0 spiro atoms. The van der Waals surface area contributed by atoms with E-state index < -0.39 is 0 Å². The van der Waals surface area contributed by atoms with Crippen molar-refractivity contribution in [2.45, 2.75) is 63.7 Å². The van der Waals surface area contributed by atoms with Gasteiger partial charge in [0.25, 0.3) is 0 Å². The van der Waals surface area contributed by atoms with Crippen LogP contribution in [-0.2, 0) is 9.47 Å². The van der Waals surface area contributed by atoms with Gasteiger partial charge in [-0.15, -0.1) is 0 Å². The van der Waals surface area contributed by atoms with E-state index in [4.69, 9.17) is 9.47 Å². The predicted molar refractivity (Wildman–Crippen MR) is 62.7 cm³/mol. The molecular formula is C13H21NO2. The Morgan fingerprint density at radius 1 is 1.19 bits per heavy atom. The molecule has 1 saturated heterocycles. The molecule has 3 heteroatoms. The van der Waals surface area contributed by atoms with Crippen LogP contribution >= 0.6 is 0 Å². The fourth-order valence-corrected chi connectivity index (χ4v) is 2.90. The first kappa shape index (κ1) is 10.6. The highest BCUT2D eigenvalue weighted by molar-refractivity contribution is 5.85. The molecule has 90 valence electrons. The van der Waals surface area contributed by atoms with Gasteiger partial charge in [0.15, 0.2) is 6.10 Å². The van der Waals surface area contributed by atoms with Gasteiger partial charge < -0.3 is 9.47 Å². The van der Waals surface area contributed by atoms with Gasteiger partial charge in [0.2, 0.25) is 5.90 Å². The third kappa shape index (κ3) is 1.97. The molecule has 0 amide bonds. The minimum atomic E-state index is -0.0433. The monoisotopic (exact) mass is 223 g/mol. The summed E-state index contributed by atoms with van der Waals surface area (Å²) >= 11 is 0. The summed E-state index contributed by atoms with van der Waals surface area (Å²) in [5, 5.41) is 0. The van der Waals surface area contributed by atoms with Crippen LogP contribution in [0.3, 0.4) is 0 Å². The summed E-state index contributed by atoms with van der Waals surface area (Å²) in [5.74, 6) is 1.62. The standard InChI is InChI=1S/C13H21NO2/c1-13(2)8-15-12(14-13)11-10(16-11)9-6-4-3-5-7-9/h9-11H,3-8H2,1-2H3/t10-,11-/m1/s1. The van der Waals surface area contributed by atoms with Crippen molar-refractivity contribution in [3.63, 3.8) is 0 Å². The molecule has 0 N–H and O–H groups in total. The summed E-state index contributed by atoms with van der Waals surface area (Å²) in [6.07, 6.45) is 7.40. The van der Waals surface area contributed by atoms with Gasteiger partial charge in [-0.25, -0.2) is 4.99 Å². The maximum Gasteiger partial charge on any atom is 0.216 e. The second kappa shape index (κ2) is 3.73. The van der Waals surface area contributed by atoms with Crippen LogP contribution < -0.4 is 0 Å². The number of epoxide rings is 1. The Morgan fingerprint density at radius 2 is 1.94 bits per heavy atom. The van der Waals surface area contributed by atoms with Crippen molar-refractivity contribution in [1.29, 1.82) is 0 Å². The quantitative estimate of drug-likeness (QED) is 0.674. The minimum Gasteiger partial charge on any atom is -0.476 e. The zero-order valence-electron chi connectivity index (χ0n) is 10.2. The van der Waals surface area contributed by atoms with Crippen LogP contribution in [0.1, 0.15) is 46.0 Å². The van der Waals surface area contributed by atoms with E-state index in [-0.39, 0.29) is 11.6 Å². The van der Waals surface area contributed by atoms with Crippen molar-refractivity contribution >= 4 is 5.90 Å². The molecule has 2 heterocycles. The molecule has 2 fully saturated rings. The van der Waals surface area contributed by atoms with Gasteiger partial charge in [0, 0.05) is 0 Å². The predicted octanol–water partition coefficient (Wildman–Crippen LogP) is 2.54. The lowest BCUT2D eigenvalue weighted by Gasteiger charge is -2.19. The molecule has 1 aliphatic carbocycles.